The number of rotatable bonds is 5. The maximum atomic E-state index is 11.8. The minimum absolute atomic E-state index is 0.139. The average molecular weight is 300 g/mol. The molecule has 0 heterocycles. The fraction of sp³-hybridized carbons (Fsp3) is 0.947. The van der Waals surface area contributed by atoms with E-state index in [-0.39, 0.29) is 16.7 Å². The molecule has 0 radical (unpaired) electrons. The smallest absolute Gasteiger partial charge is 0.225 e. The van der Waals surface area contributed by atoms with Crippen LogP contribution < -0.4 is 5.32 Å². The highest BCUT2D eigenvalue weighted by Gasteiger charge is 2.29. The lowest BCUT2D eigenvalue weighted by Gasteiger charge is -2.35. The second kappa shape index (κ2) is 8.80. The first-order valence-electron chi connectivity index (χ1n) is 8.41. The molecule has 0 saturated carbocycles. The number of carbonyl (C=O) groups is 1. The fourth-order valence-electron chi connectivity index (χ4n) is 2.07. The SMILES string of the molecule is CC(C)C.CCC(C)(C)CC(C)(C)CNC(=O)C(C)(C)C. The first-order chi connectivity index (χ1) is 9.13. The van der Waals surface area contributed by atoms with Gasteiger partial charge < -0.3 is 5.32 Å². The standard InChI is InChI=1S/C15H31NO.C4H10/c1-9-14(5,6)10-15(7,8)11-16-12(17)13(2,3)4;1-4(2)3/h9-11H2,1-8H3,(H,16,17);4H,1-3H3. The fourth-order valence-corrected chi connectivity index (χ4v) is 2.07. The van der Waals surface area contributed by atoms with Crippen molar-refractivity contribution in [3.05, 3.63) is 0 Å². The molecule has 0 fully saturated rings. The molecule has 0 aliphatic carbocycles. The van der Waals surface area contributed by atoms with Crippen LogP contribution in [0.1, 0.15) is 89.0 Å². The molecule has 0 aliphatic rings. The Morgan fingerprint density at radius 2 is 1.29 bits per heavy atom. The lowest BCUT2D eigenvalue weighted by molar-refractivity contribution is -0.129. The van der Waals surface area contributed by atoms with Crippen molar-refractivity contribution in [1.29, 1.82) is 0 Å². The summed E-state index contributed by atoms with van der Waals surface area (Å²) in [6, 6.07) is 0. The van der Waals surface area contributed by atoms with Crippen LogP contribution in [0.5, 0.6) is 0 Å². The molecule has 0 saturated heterocycles. The van der Waals surface area contributed by atoms with Crippen LogP contribution in [0.15, 0.2) is 0 Å². The lowest BCUT2D eigenvalue weighted by atomic mass is 9.73. The van der Waals surface area contributed by atoms with Gasteiger partial charge in [-0.05, 0) is 23.2 Å². The van der Waals surface area contributed by atoms with Gasteiger partial charge in [0.1, 0.15) is 0 Å². The molecule has 1 amide bonds. The number of hydrogen-bond acceptors (Lipinski definition) is 1. The van der Waals surface area contributed by atoms with Crippen LogP contribution >= 0.6 is 0 Å². The van der Waals surface area contributed by atoms with Crippen LogP contribution in [0.2, 0.25) is 0 Å². The van der Waals surface area contributed by atoms with E-state index >= 15 is 0 Å². The average Bonchev–Trinajstić information content (AvgIpc) is 2.22. The van der Waals surface area contributed by atoms with E-state index in [0.29, 0.717) is 5.41 Å². The Kier molecular flexibility index (Phi) is 9.53. The largest absolute Gasteiger partial charge is 0.355 e. The molecule has 0 aromatic heterocycles. The predicted molar refractivity (Wildman–Crippen MR) is 95.4 cm³/mol. The van der Waals surface area contributed by atoms with Gasteiger partial charge in [-0.25, -0.2) is 0 Å². The van der Waals surface area contributed by atoms with Crippen molar-refractivity contribution in [2.45, 2.75) is 89.0 Å². The van der Waals surface area contributed by atoms with Gasteiger partial charge in [0.25, 0.3) is 0 Å². The van der Waals surface area contributed by atoms with Gasteiger partial charge >= 0.3 is 0 Å². The van der Waals surface area contributed by atoms with Crippen molar-refractivity contribution >= 4 is 5.91 Å². The number of carbonyl (C=O) groups excluding carboxylic acids is 1. The zero-order valence-electron chi connectivity index (χ0n) is 16.6. The minimum Gasteiger partial charge on any atom is -0.355 e. The monoisotopic (exact) mass is 299 g/mol. The molecule has 2 heteroatoms. The van der Waals surface area contributed by atoms with Gasteiger partial charge in [0, 0.05) is 12.0 Å². The molecule has 2 nitrogen and oxygen atoms in total. The van der Waals surface area contributed by atoms with Gasteiger partial charge in [0.2, 0.25) is 5.91 Å². The molecule has 21 heavy (non-hydrogen) atoms. The Balaban J connectivity index is 0. The quantitative estimate of drug-likeness (QED) is 0.697. The summed E-state index contributed by atoms with van der Waals surface area (Å²) in [7, 11) is 0. The van der Waals surface area contributed by atoms with Gasteiger partial charge in [0.05, 0.1) is 0 Å². The van der Waals surface area contributed by atoms with E-state index in [9.17, 15) is 4.79 Å². The van der Waals surface area contributed by atoms with E-state index in [4.69, 9.17) is 0 Å². The molecule has 0 spiro atoms. The summed E-state index contributed by atoms with van der Waals surface area (Å²) in [6.45, 7) is 24.4. The summed E-state index contributed by atoms with van der Waals surface area (Å²) >= 11 is 0. The van der Waals surface area contributed by atoms with Crippen LogP contribution in [-0.4, -0.2) is 12.5 Å². The number of nitrogens with one attached hydrogen (secondary N) is 1. The molecule has 128 valence electrons. The Morgan fingerprint density at radius 3 is 1.57 bits per heavy atom. The lowest BCUT2D eigenvalue weighted by Crippen LogP contribution is -2.41. The normalized spacial score (nSPS) is 12.8. The number of hydrogen-bond donors (Lipinski definition) is 1. The van der Waals surface area contributed by atoms with E-state index in [1.165, 1.54) is 6.42 Å². The summed E-state index contributed by atoms with van der Waals surface area (Å²) in [5.74, 6) is 0.972. The molecule has 0 aromatic rings. The van der Waals surface area contributed by atoms with Gasteiger partial charge in [0.15, 0.2) is 0 Å². The molecular weight excluding hydrogens is 258 g/mol. The Bertz CT molecular complexity index is 292. The van der Waals surface area contributed by atoms with E-state index in [0.717, 1.165) is 18.9 Å². The summed E-state index contributed by atoms with van der Waals surface area (Å²) in [5, 5.41) is 3.07. The van der Waals surface area contributed by atoms with Gasteiger partial charge in [-0.3, -0.25) is 4.79 Å². The maximum Gasteiger partial charge on any atom is 0.225 e. The van der Waals surface area contributed by atoms with E-state index in [1.807, 2.05) is 20.8 Å². The van der Waals surface area contributed by atoms with Crippen molar-refractivity contribution in [3.63, 3.8) is 0 Å². The summed E-state index contributed by atoms with van der Waals surface area (Å²) < 4.78 is 0. The van der Waals surface area contributed by atoms with Crippen molar-refractivity contribution in [1.82, 2.24) is 5.32 Å². The summed E-state index contributed by atoms with van der Waals surface area (Å²) in [5.41, 5.74) is 0.201. The first kappa shape index (κ1) is 22.7. The van der Waals surface area contributed by atoms with Gasteiger partial charge in [-0.1, -0.05) is 82.6 Å². The molecule has 1 N–H and O–H groups in total. The molecular formula is C19H41NO. The summed E-state index contributed by atoms with van der Waals surface area (Å²) in [4.78, 5) is 11.8. The van der Waals surface area contributed by atoms with E-state index in [2.05, 4.69) is 60.7 Å². The van der Waals surface area contributed by atoms with E-state index in [1.54, 1.807) is 0 Å². The Hall–Kier alpha value is -0.530. The van der Waals surface area contributed by atoms with Crippen molar-refractivity contribution in [2.24, 2.45) is 22.2 Å². The minimum atomic E-state index is -0.295. The molecule has 0 rings (SSSR count). The van der Waals surface area contributed by atoms with Gasteiger partial charge in [-0.15, -0.1) is 0 Å². The maximum absolute atomic E-state index is 11.8. The van der Waals surface area contributed by atoms with Crippen molar-refractivity contribution < 1.29 is 4.79 Å². The Morgan fingerprint density at radius 1 is 0.905 bits per heavy atom. The van der Waals surface area contributed by atoms with E-state index < -0.39 is 0 Å². The predicted octanol–water partition coefficient (Wildman–Crippen LogP) is 5.66. The van der Waals surface area contributed by atoms with Crippen LogP contribution in [0.3, 0.4) is 0 Å². The van der Waals surface area contributed by atoms with Crippen LogP contribution in [0.25, 0.3) is 0 Å². The highest BCUT2D eigenvalue weighted by molar-refractivity contribution is 5.81. The topological polar surface area (TPSA) is 29.1 Å². The summed E-state index contributed by atoms with van der Waals surface area (Å²) in [6.07, 6.45) is 2.30. The molecule has 0 unspecified atom stereocenters. The molecule has 0 bridgehead atoms. The van der Waals surface area contributed by atoms with Gasteiger partial charge in [-0.2, -0.15) is 0 Å². The molecule has 0 aromatic carbocycles. The van der Waals surface area contributed by atoms with Crippen molar-refractivity contribution in [3.8, 4) is 0 Å². The second-order valence-corrected chi connectivity index (χ2v) is 9.52. The first-order valence-corrected chi connectivity index (χ1v) is 8.41. The zero-order valence-corrected chi connectivity index (χ0v) is 16.6. The van der Waals surface area contributed by atoms with Crippen molar-refractivity contribution in [2.75, 3.05) is 6.54 Å². The molecule has 0 aliphatic heterocycles. The number of amides is 1. The van der Waals surface area contributed by atoms with Crippen LogP contribution in [0.4, 0.5) is 0 Å². The molecule has 0 atom stereocenters. The second-order valence-electron chi connectivity index (χ2n) is 9.52. The Labute approximate surface area is 134 Å². The third kappa shape index (κ3) is 14.2. The highest BCUT2D eigenvalue weighted by atomic mass is 16.2. The van der Waals surface area contributed by atoms with Crippen LogP contribution in [0, 0.1) is 22.2 Å². The third-order valence-electron chi connectivity index (χ3n) is 3.32. The third-order valence-corrected chi connectivity index (χ3v) is 3.32. The highest BCUT2D eigenvalue weighted by Crippen LogP contribution is 2.35. The zero-order chi connectivity index (χ0) is 17.5. The van der Waals surface area contributed by atoms with Crippen LogP contribution in [-0.2, 0) is 4.79 Å².